The van der Waals surface area contributed by atoms with Crippen molar-refractivity contribution in [2.75, 3.05) is 19.8 Å². The number of hydrogen-bond donors (Lipinski definition) is 0. The highest BCUT2D eigenvalue weighted by molar-refractivity contribution is 5.70. The van der Waals surface area contributed by atoms with Crippen LogP contribution < -0.4 is 0 Å². The first kappa shape index (κ1) is 59.5. The molecule has 5 heteroatoms. The van der Waals surface area contributed by atoms with E-state index in [4.69, 9.17) is 14.2 Å². The Morgan fingerprint density at radius 3 is 1.06 bits per heavy atom. The predicted octanol–water partition coefficient (Wildman–Crippen LogP) is 17.1. The minimum Gasteiger partial charge on any atom is -0.462 e. The summed E-state index contributed by atoms with van der Waals surface area (Å²) in [5.74, 6) is -0.540. The molecule has 0 radical (unpaired) electrons. The molecule has 1 atom stereocenters. The van der Waals surface area contributed by atoms with Crippen LogP contribution in [0.3, 0.4) is 0 Å². The molecule has 356 valence electrons. The SMILES string of the molecule is CC/C=C\C/C=C\C/C=C\C/C=C\C/C=C\CCCCOCC(COC(=O)CCC/C=C\C/C=C\C/C=C\C/C=C\C/C=C\CC)OC(=O)CCCCC/C=C\C/C=C\C/C=C\CC. The molecule has 0 aromatic rings. The summed E-state index contributed by atoms with van der Waals surface area (Å²) in [6.07, 6.45) is 78.4. The van der Waals surface area contributed by atoms with Gasteiger partial charge in [-0.1, -0.05) is 185 Å². The van der Waals surface area contributed by atoms with Gasteiger partial charge < -0.3 is 14.2 Å². The number of esters is 2. The van der Waals surface area contributed by atoms with Crippen molar-refractivity contribution in [3.63, 3.8) is 0 Å². The van der Waals surface area contributed by atoms with E-state index >= 15 is 0 Å². The summed E-state index contributed by atoms with van der Waals surface area (Å²) in [6, 6.07) is 0. The van der Waals surface area contributed by atoms with Crippen molar-refractivity contribution in [2.45, 2.75) is 181 Å². The Labute approximate surface area is 393 Å². The van der Waals surface area contributed by atoms with E-state index < -0.39 is 6.10 Å². The fourth-order valence-corrected chi connectivity index (χ4v) is 5.94. The maximum absolute atomic E-state index is 12.8. The molecule has 0 saturated heterocycles. The molecule has 0 aliphatic carbocycles. The number of ether oxygens (including phenoxy) is 3. The normalized spacial score (nSPS) is 13.6. The van der Waals surface area contributed by atoms with Crippen LogP contribution in [0.4, 0.5) is 0 Å². The lowest BCUT2D eigenvalue weighted by Crippen LogP contribution is -2.30. The van der Waals surface area contributed by atoms with E-state index in [-0.39, 0.29) is 25.2 Å². The molecule has 0 rings (SSSR count). The van der Waals surface area contributed by atoms with Crippen molar-refractivity contribution in [1.29, 1.82) is 0 Å². The molecular weight excluding hydrogens is 789 g/mol. The summed E-state index contributed by atoms with van der Waals surface area (Å²) in [7, 11) is 0. The molecule has 0 N–H and O–H groups in total. The minimum absolute atomic E-state index is 0.0143. The third kappa shape index (κ3) is 50.2. The first-order chi connectivity index (χ1) is 31.6. The highest BCUT2D eigenvalue weighted by Gasteiger charge is 2.17. The van der Waals surface area contributed by atoms with Crippen LogP contribution in [0.25, 0.3) is 0 Å². The van der Waals surface area contributed by atoms with E-state index in [1.54, 1.807) is 0 Å². The fourth-order valence-electron chi connectivity index (χ4n) is 5.94. The molecule has 0 aromatic carbocycles. The zero-order valence-corrected chi connectivity index (χ0v) is 40.7. The van der Waals surface area contributed by atoms with Gasteiger partial charge in [0.15, 0.2) is 6.10 Å². The van der Waals surface area contributed by atoms with Gasteiger partial charge in [0.05, 0.1) is 6.61 Å². The Morgan fingerprint density at radius 2 is 0.672 bits per heavy atom. The quantitative estimate of drug-likeness (QED) is 0.0347. The second-order valence-electron chi connectivity index (χ2n) is 15.6. The lowest BCUT2D eigenvalue weighted by atomic mass is 10.1. The van der Waals surface area contributed by atoms with Gasteiger partial charge in [0.2, 0.25) is 0 Å². The van der Waals surface area contributed by atoms with Crippen LogP contribution in [0.1, 0.15) is 175 Å². The second-order valence-corrected chi connectivity index (χ2v) is 15.6. The van der Waals surface area contributed by atoms with Gasteiger partial charge in [-0.05, 0) is 135 Å². The van der Waals surface area contributed by atoms with Crippen molar-refractivity contribution < 1.29 is 23.8 Å². The number of hydrogen-bond acceptors (Lipinski definition) is 5. The Bertz CT molecular complexity index is 1460. The summed E-state index contributed by atoms with van der Waals surface area (Å²) >= 11 is 0. The van der Waals surface area contributed by atoms with E-state index in [0.717, 1.165) is 135 Å². The molecule has 0 heterocycles. The smallest absolute Gasteiger partial charge is 0.306 e. The molecule has 64 heavy (non-hydrogen) atoms. The van der Waals surface area contributed by atoms with E-state index in [9.17, 15) is 9.59 Å². The summed E-state index contributed by atoms with van der Waals surface area (Å²) in [6.45, 7) is 7.25. The predicted molar refractivity (Wildman–Crippen MR) is 278 cm³/mol. The van der Waals surface area contributed by atoms with E-state index in [1.807, 2.05) is 0 Å². The van der Waals surface area contributed by atoms with Gasteiger partial charge in [-0.15, -0.1) is 0 Å². The average Bonchev–Trinajstić information content (AvgIpc) is 3.30. The Kier molecular flexibility index (Phi) is 49.2. The number of unbranched alkanes of at least 4 members (excludes halogenated alkanes) is 6. The van der Waals surface area contributed by atoms with E-state index in [0.29, 0.717) is 25.9 Å². The van der Waals surface area contributed by atoms with E-state index in [1.165, 1.54) is 0 Å². The average molecular weight is 879 g/mol. The third-order valence-corrected chi connectivity index (χ3v) is 9.54. The first-order valence-electron chi connectivity index (χ1n) is 25.0. The number of rotatable bonds is 43. The van der Waals surface area contributed by atoms with E-state index in [2.05, 4.69) is 179 Å². The Hall–Kier alpha value is -4.48. The van der Waals surface area contributed by atoms with Gasteiger partial charge in [0.1, 0.15) is 6.61 Å². The monoisotopic (exact) mass is 879 g/mol. The summed E-state index contributed by atoms with van der Waals surface area (Å²) in [4.78, 5) is 25.3. The van der Waals surface area contributed by atoms with Crippen LogP contribution in [-0.2, 0) is 23.8 Å². The Balaban J connectivity index is 4.52. The summed E-state index contributed by atoms with van der Waals surface area (Å²) < 4.78 is 17.3. The van der Waals surface area contributed by atoms with Crippen LogP contribution in [0.2, 0.25) is 0 Å². The van der Waals surface area contributed by atoms with Gasteiger partial charge in [-0.3, -0.25) is 9.59 Å². The molecule has 0 aromatic heterocycles. The molecule has 0 spiro atoms. The van der Waals surface area contributed by atoms with Gasteiger partial charge in [0.25, 0.3) is 0 Å². The largest absolute Gasteiger partial charge is 0.462 e. The lowest BCUT2D eigenvalue weighted by molar-refractivity contribution is -0.163. The second kappa shape index (κ2) is 52.9. The molecular formula is C59H90O5. The van der Waals surface area contributed by atoms with Crippen LogP contribution in [-0.4, -0.2) is 37.9 Å². The lowest BCUT2D eigenvalue weighted by Gasteiger charge is -2.18. The van der Waals surface area contributed by atoms with Crippen molar-refractivity contribution >= 4 is 11.9 Å². The highest BCUT2D eigenvalue weighted by Crippen LogP contribution is 2.09. The first-order valence-corrected chi connectivity index (χ1v) is 25.0. The van der Waals surface area contributed by atoms with Crippen molar-refractivity contribution in [3.05, 3.63) is 158 Å². The zero-order valence-electron chi connectivity index (χ0n) is 40.7. The molecule has 0 bridgehead atoms. The maximum atomic E-state index is 12.8. The molecule has 0 aliphatic rings. The minimum atomic E-state index is -0.609. The van der Waals surface area contributed by atoms with Gasteiger partial charge in [-0.25, -0.2) is 0 Å². The Morgan fingerprint density at radius 1 is 0.344 bits per heavy atom. The molecule has 5 nitrogen and oxygen atoms in total. The van der Waals surface area contributed by atoms with Gasteiger partial charge in [-0.2, -0.15) is 0 Å². The number of carbonyl (C=O) groups is 2. The molecule has 0 amide bonds. The highest BCUT2D eigenvalue weighted by atomic mass is 16.6. The zero-order chi connectivity index (χ0) is 46.3. The topological polar surface area (TPSA) is 61.8 Å². The third-order valence-electron chi connectivity index (χ3n) is 9.54. The van der Waals surface area contributed by atoms with Crippen molar-refractivity contribution in [1.82, 2.24) is 0 Å². The number of allylic oxidation sites excluding steroid dienone is 26. The fraction of sp³-hybridized carbons (Fsp3) is 0.525. The van der Waals surface area contributed by atoms with Crippen LogP contribution >= 0.6 is 0 Å². The standard InChI is InChI=1S/C59H90O5/c1-4-7-10-13-16-19-22-25-27-29-31-33-36-39-42-45-48-51-54-62-55-57(64-59(61)53-50-47-44-41-38-34-24-21-18-15-12-9-6-3)56-63-58(60)52-49-46-43-40-37-35-32-30-28-26-23-20-17-14-11-8-5-2/h7-12,16-21,25-28,31-35,38-40,42-43,57H,4-6,13-15,22-24,29-30,36-37,41,44-56H2,1-3H3/b10-7-,11-8-,12-9-,19-16-,20-17-,21-18-,27-25-,28-26-,33-31-,35-32-,38-34-,42-39-,43-40-. The van der Waals surface area contributed by atoms with Crippen molar-refractivity contribution in [2.24, 2.45) is 0 Å². The maximum Gasteiger partial charge on any atom is 0.306 e. The molecule has 0 saturated carbocycles. The summed E-state index contributed by atoms with van der Waals surface area (Å²) in [5.41, 5.74) is 0. The molecule has 0 aliphatic heterocycles. The molecule has 1 unspecified atom stereocenters. The van der Waals surface area contributed by atoms with Crippen LogP contribution in [0.5, 0.6) is 0 Å². The summed E-state index contributed by atoms with van der Waals surface area (Å²) in [5, 5.41) is 0. The van der Waals surface area contributed by atoms with Gasteiger partial charge >= 0.3 is 11.9 Å². The van der Waals surface area contributed by atoms with Crippen LogP contribution in [0, 0.1) is 0 Å². The number of carbonyl (C=O) groups excluding carboxylic acids is 2. The van der Waals surface area contributed by atoms with Gasteiger partial charge in [0, 0.05) is 19.4 Å². The molecule has 0 fully saturated rings. The van der Waals surface area contributed by atoms with Crippen LogP contribution in [0.15, 0.2) is 158 Å². The van der Waals surface area contributed by atoms with Crippen molar-refractivity contribution in [3.8, 4) is 0 Å².